The van der Waals surface area contributed by atoms with Crippen LogP contribution in [0.1, 0.15) is 40.7 Å². The van der Waals surface area contributed by atoms with E-state index in [9.17, 15) is 9.32 Å². The summed E-state index contributed by atoms with van der Waals surface area (Å²) < 4.78 is 13.0. The Morgan fingerprint density at radius 1 is 1.11 bits per heavy atom. The lowest BCUT2D eigenvalue weighted by Crippen LogP contribution is -2.52. The van der Waals surface area contributed by atoms with Crippen molar-refractivity contribution in [2.24, 2.45) is 5.73 Å². The Labute approximate surface area is 168 Å². The van der Waals surface area contributed by atoms with E-state index in [1.54, 1.807) is 0 Å². The number of nitrogens with one attached hydrogen (secondary N) is 2. The minimum atomic E-state index is -1.52. The van der Waals surface area contributed by atoms with Crippen molar-refractivity contribution in [1.29, 1.82) is 0 Å². The maximum Gasteiger partial charge on any atom is 0.196 e. The molecule has 2 aromatic rings. The standard InChI is InChI=1S/C21H28N4O2S/c1-23-13-14-8-10-17(11-9-14)28(27)24-25(21(22)26)20-18-6-2-4-15(18)12-16-5-3-7-19(16)20/h8-12,21,23-24,26H,2-7,13,22H2,1H3. The Balaban J connectivity index is 1.65. The summed E-state index contributed by atoms with van der Waals surface area (Å²) in [7, 11) is 0.370. The number of rotatable bonds is 7. The molecule has 2 aliphatic rings. The average Bonchev–Trinajstić information content (AvgIpc) is 3.34. The monoisotopic (exact) mass is 400 g/mol. The molecule has 0 amide bonds. The Bertz CT molecular complexity index is 851. The van der Waals surface area contributed by atoms with Gasteiger partial charge in [-0.2, -0.15) is 0 Å². The SMILES string of the molecule is CNCc1ccc(S(=O)NN(c2c3c(cc4c2CCC4)CCC3)C(N)O)cc1. The minimum Gasteiger partial charge on any atom is -0.360 e. The van der Waals surface area contributed by atoms with Gasteiger partial charge in [-0.1, -0.05) is 18.2 Å². The second-order valence-corrected chi connectivity index (χ2v) is 8.72. The van der Waals surface area contributed by atoms with Gasteiger partial charge in [0.2, 0.25) is 0 Å². The van der Waals surface area contributed by atoms with Gasteiger partial charge in [-0.3, -0.25) is 10.7 Å². The first-order chi connectivity index (χ1) is 13.6. The highest BCUT2D eigenvalue weighted by Crippen LogP contribution is 2.40. The van der Waals surface area contributed by atoms with Crippen LogP contribution in [-0.2, 0) is 43.2 Å². The maximum absolute atomic E-state index is 13.0. The summed E-state index contributed by atoms with van der Waals surface area (Å²) in [4.78, 5) is 3.62. The lowest BCUT2D eigenvalue weighted by atomic mass is 9.98. The van der Waals surface area contributed by atoms with Crippen LogP contribution in [0, 0.1) is 0 Å². The third-order valence-corrected chi connectivity index (χ3v) is 6.71. The van der Waals surface area contributed by atoms with Gasteiger partial charge in [0.15, 0.2) is 6.35 Å². The van der Waals surface area contributed by atoms with Crippen LogP contribution in [0.2, 0.25) is 0 Å². The molecule has 0 fully saturated rings. The molecule has 7 heteroatoms. The van der Waals surface area contributed by atoms with Crippen molar-refractivity contribution in [3.63, 3.8) is 0 Å². The zero-order chi connectivity index (χ0) is 19.7. The first-order valence-corrected chi connectivity index (χ1v) is 11.0. The predicted octanol–water partition coefficient (Wildman–Crippen LogP) is 1.65. The highest BCUT2D eigenvalue weighted by atomic mass is 32.2. The molecule has 0 saturated heterocycles. The van der Waals surface area contributed by atoms with E-state index in [0.29, 0.717) is 4.90 Å². The molecule has 2 aliphatic carbocycles. The number of nitrogens with two attached hydrogens (primary N) is 1. The van der Waals surface area contributed by atoms with Crippen LogP contribution >= 0.6 is 0 Å². The van der Waals surface area contributed by atoms with Gasteiger partial charge in [0.1, 0.15) is 11.0 Å². The molecular weight excluding hydrogens is 372 g/mol. The number of aliphatic hydroxyl groups excluding tert-OH is 1. The number of hydrogen-bond acceptors (Lipinski definition) is 5. The number of fused-ring (bicyclic) bond motifs is 2. The number of aliphatic hydroxyl groups is 1. The first kappa shape index (κ1) is 19.5. The number of hydrogen-bond donors (Lipinski definition) is 4. The Kier molecular flexibility index (Phi) is 5.80. The molecule has 2 aromatic carbocycles. The van der Waals surface area contributed by atoms with E-state index in [2.05, 4.69) is 16.2 Å². The van der Waals surface area contributed by atoms with E-state index in [-0.39, 0.29) is 0 Å². The van der Waals surface area contributed by atoms with Gasteiger partial charge in [0.25, 0.3) is 0 Å². The number of anilines is 1. The van der Waals surface area contributed by atoms with Gasteiger partial charge in [0.05, 0.1) is 10.6 Å². The number of nitrogens with zero attached hydrogens (tertiary/aromatic N) is 1. The van der Waals surface area contributed by atoms with Gasteiger partial charge < -0.3 is 10.4 Å². The molecule has 28 heavy (non-hydrogen) atoms. The Morgan fingerprint density at radius 3 is 2.25 bits per heavy atom. The van der Waals surface area contributed by atoms with Crippen molar-refractivity contribution in [3.8, 4) is 0 Å². The third kappa shape index (κ3) is 3.73. The summed E-state index contributed by atoms with van der Waals surface area (Å²) in [5, 5.41) is 15.0. The summed E-state index contributed by atoms with van der Waals surface area (Å²) in [5.41, 5.74) is 13.1. The third-order valence-electron chi connectivity index (χ3n) is 5.65. The summed E-state index contributed by atoms with van der Waals surface area (Å²) in [5.74, 6) is 0. The number of hydrazine groups is 1. The smallest absolute Gasteiger partial charge is 0.196 e. The molecule has 0 radical (unpaired) electrons. The van der Waals surface area contributed by atoms with E-state index < -0.39 is 17.3 Å². The molecule has 6 nitrogen and oxygen atoms in total. The van der Waals surface area contributed by atoms with Crippen LogP contribution in [0.4, 0.5) is 5.69 Å². The molecule has 5 N–H and O–H groups in total. The average molecular weight is 401 g/mol. The fraction of sp³-hybridized carbons (Fsp3) is 0.429. The van der Waals surface area contributed by atoms with Gasteiger partial charge in [-0.15, -0.1) is 4.83 Å². The van der Waals surface area contributed by atoms with Crippen LogP contribution in [0.25, 0.3) is 0 Å². The lowest BCUT2D eigenvalue weighted by Gasteiger charge is -2.31. The van der Waals surface area contributed by atoms with Crippen molar-refractivity contribution in [3.05, 3.63) is 58.1 Å². The van der Waals surface area contributed by atoms with Crippen molar-refractivity contribution >= 4 is 16.7 Å². The molecule has 0 saturated carbocycles. The fourth-order valence-corrected chi connectivity index (χ4v) is 5.25. The van der Waals surface area contributed by atoms with Gasteiger partial charge in [0, 0.05) is 6.54 Å². The normalized spacial score (nSPS) is 17.2. The zero-order valence-electron chi connectivity index (χ0n) is 16.2. The van der Waals surface area contributed by atoms with Crippen molar-refractivity contribution in [2.75, 3.05) is 12.1 Å². The van der Waals surface area contributed by atoms with Crippen LogP contribution in [0.5, 0.6) is 0 Å². The molecule has 2 atom stereocenters. The molecular formula is C21H28N4O2S. The fourth-order valence-electron chi connectivity index (χ4n) is 4.39. The van der Waals surface area contributed by atoms with Gasteiger partial charge >= 0.3 is 0 Å². The number of benzene rings is 2. The van der Waals surface area contributed by atoms with E-state index >= 15 is 0 Å². The summed E-state index contributed by atoms with van der Waals surface area (Å²) >= 11 is 0. The van der Waals surface area contributed by atoms with E-state index in [1.165, 1.54) is 27.3 Å². The Hall–Kier alpha value is -1.77. The largest absolute Gasteiger partial charge is 0.360 e. The van der Waals surface area contributed by atoms with Crippen molar-refractivity contribution < 1.29 is 9.32 Å². The second kappa shape index (κ2) is 8.31. The topological polar surface area (TPSA) is 90.6 Å². The molecule has 0 heterocycles. The van der Waals surface area contributed by atoms with Gasteiger partial charge in [-0.25, -0.2) is 4.21 Å². The minimum absolute atomic E-state index is 0.648. The highest BCUT2D eigenvalue weighted by molar-refractivity contribution is 7.83. The molecule has 4 rings (SSSR count). The maximum atomic E-state index is 13.0. The highest BCUT2D eigenvalue weighted by Gasteiger charge is 2.29. The van der Waals surface area contributed by atoms with Crippen molar-refractivity contribution in [2.45, 2.75) is 56.3 Å². The van der Waals surface area contributed by atoms with Crippen molar-refractivity contribution in [1.82, 2.24) is 10.1 Å². The quantitative estimate of drug-likeness (QED) is 0.419. The molecule has 0 aromatic heterocycles. The van der Waals surface area contributed by atoms with Gasteiger partial charge in [-0.05, 0) is 85.5 Å². The summed E-state index contributed by atoms with van der Waals surface area (Å²) in [6.07, 6.45) is 4.98. The first-order valence-electron chi connectivity index (χ1n) is 9.89. The molecule has 2 unspecified atom stereocenters. The van der Waals surface area contributed by atoms with Crippen LogP contribution in [0.15, 0.2) is 35.2 Å². The van der Waals surface area contributed by atoms with Crippen LogP contribution in [-0.4, -0.2) is 22.7 Å². The van der Waals surface area contributed by atoms with E-state index in [4.69, 9.17) is 5.73 Å². The zero-order valence-corrected chi connectivity index (χ0v) is 17.0. The second-order valence-electron chi connectivity index (χ2n) is 7.53. The number of aryl methyl sites for hydroxylation is 2. The molecule has 0 spiro atoms. The summed E-state index contributed by atoms with van der Waals surface area (Å²) in [6.45, 7) is 0.760. The predicted molar refractivity (Wildman–Crippen MR) is 112 cm³/mol. The van der Waals surface area contributed by atoms with E-state index in [1.807, 2.05) is 31.3 Å². The summed E-state index contributed by atoms with van der Waals surface area (Å²) in [6, 6.07) is 9.92. The molecule has 0 aliphatic heterocycles. The van der Waals surface area contributed by atoms with Crippen LogP contribution in [0.3, 0.4) is 0 Å². The molecule has 0 bridgehead atoms. The lowest BCUT2D eigenvalue weighted by molar-refractivity contribution is 0.171. The van der Waals surface area contributed by atoms with Crippen LogP contribution < -0.4 is 20.9 Å². The molecule has 150 valence electrons. The Morgan fingerprint density at radius 2 is 1.71 bits per heavy atom. The van der Waals surface area contributed by atoms with E-state index in [0.717, 1.165) is 56.3 Å².